The maximum Gasteiger partial charge on any atom is 0.313 e. The van der Waals surface area contributed by atoms with Crippen LogP contribution in [-0.2, 0) is 11.2 Å². The van der Waals surface area contributed by atoms with Crippen molar-refractivity contribution < 1.29 is 9.90 Å². The van der Waals surface area contributed by atoms with Crippen LogP contribution in [0.2, 0.25) is 0 Å². The monoisotopic (exact) mass is 246 g/mol. The Bertz CT molecular complexity index is 326. The van der Waals surface area contributed by atoms with Crippen LogP contribution in [0.15, 0.2) is 4.34 Å². The lowest BCUT2D eigenvalue weighted by Crippen LogP contribution is -1.96. The summed E-state index contributed by atoms with van der Waals surface area (Å²) in [5, 5.41) is 17.4. The molecule has 6 heteroatoms. The fourth-order valence-electron chi connectivity index (χ4n) is 0.933. The molecule has 0 atom stereocenters. The van der Waals surface area contributed by atoms with E-state index >= 15 is 0 Å². The average molecular weight is 246 g/mol. The number of hydrogen-bond acceptors (Lipinski definition) is 5. The first kappa shape index (κ1) is 12.4. The summed E-state index contributed by atoms with van der Waals surface area (Å²) in [6.45, 7) is 4.34. The Morgan fingerprint density at radius 3 is 2.87 bits per heavy atom. The molecular formula is C9H14N2O2S2. The number of aromatic nitrogens is 2. The summed E-state index contributed by atoms with van der Waals surface area (Å²) in [6, 6.07) is 0. The molecule has 1 aromatic heterocycles. The number of carbonyl (C=O) groups is 1. The van der Waals surface area contributed by atoms with Gasteiger partial charge in [0.15, 0.2) is 4.34 Å². The Balaban J connectivity index is 2.38. The smallest absolute Gasteiger partial charge is 0.313 e. The van der Waals surface area contributed by atoms with Gasteiger partial charge in [0, 0.05) is 6.42 Å². The summed E-state index contributed by atoms with van der Waals surface area (Å²) in [4.78, 5) is 10.3. The zero-order valence-corrected chi connectivity index (χ0v) is 10.4. The van der Waals surface area contributed by atoms with Crippen LogP contribution in [0.5, 0.6) is 0 Å². The Kier molecular flexibility index (Phi) is 5.04. The van der Waals surface area contributed by atoms with E-state index in [0.717, 1.165) is 22.2 Å². The minimum absolute atomic E-state index is 0.0544. The zero-order chi connectivity index (χ0) is 11.3. The second kappa shape index (κ2) is 6.07. The molecule has 1 aromatic rings. The van der Waals surface area contributed by atoms with Gasteiger partial charge in [0.2, 0.25) is 0 Å². The average Bonchev–Trinajstić information content (AvgIpc) is 2.59. The van der Waals surface area contributed by atoms with Crippen molar-refractivity contribution in [2.45, 2.75) is 31.0 Å². The fraction of sp³-hybridized carbons (Fsp3) is 0.667. The number of thioether (sulfide) groups is 1. The molecule has 0 bridgehead atoms. The van der Waals surface area contributed by atoms with Gasteiger partial charge < -0.3 is 5.11 Å². The molecule has 1 rings (SSSR count). The van der Waals surface area contributed by atoms with E-state index in [2.05, 4.69) is 24.0 Å². The molecule has 0 aliphatic rings. The van der Waals surface area contributed by atoms with Crippen LogP contribution < -0.4 is 0 Å². The van der Waals surface area contributed by atoms with Crippen LogP contribution in [0.3, 0.4) is 0 Å². The predicted molar refractivity (Wildman–Crippen MR) is 61.4 cm³/mol. The van der Waals surface area contributed by atoms with Crippen LogP contribution >= 0.6 is 23.1 Å². The molecule has 0 radical (unpaired) electrons. The highest BCUT2D eigenvalue weighted by molar-refractivity contribution is 8.01. The quantitative estimate of drug-likeness (QED) is 0.780. The first-order valence-corrected chi connectivity index (χ1v) is 6.55. The molecule has 0 fully saturated rings. The van der Waals surface area contributed by atoms with Crippen molar-refractivity contribution in [1.29, 1.82) is 0 Å². The third-order valence-electron chi connectivity index (χ3n) is 1.70. The third kappa shape index (κ3) is 5.13. The van der Waals surface area contributed by atoms with Gasteiger partial charge >= 0.3 is 5.97 Å². The normalized spacial score (nSPS) is 10.9. The van der Waals surface area contributed by atoms with Gasteiger partial charge in [0.1, 0.15) is 5.01 Å². The summed E-state index contributed by atoms with van der Waals surface area (Å²) in [7, 11) is 0. The third-order valence-corrected chi connectivity index (χ3v) is 3.80. The standard InChI is InChI=1S/C9H14N2O2S2/c1-6(2)3-4-7-10-11-9(15-7)14-5-8(12)13/h6H,3-5H2,1-2H3,(H,12,13). The van der Waals surface area contributed by atoms with Gasteiger partial charge in [-0.15, -0.1) is 10.2 Å². The van der Waals surface area contributed by atoms with E-state index in [1.807, 2.05) is 0 Å². The summed E-state index contributed by atoms with van der Waals surface area (Å²) in [5.74, 6) is -0.110. The lowest BCUT2D eigenvalue weighted by Gasteiger charge is -1.99. The number of hydrogen-bond donors (Lipinski definition) is 1. The minimum atomic E-state index is -0.820. The molecule has 0 unspecified atom stereocenters. The van der Waals surface area contributed by atoms with E-state index < -0.39 is 5.97 Å². The van der Waals surface area contributed by atoms with Gasteiger partial charge in [-0.25, -0.2) is 0 Å². The molecule has 1 N–H and O–H groups in total. The SMILES string of the molecule is CC(C)CCc1nnc(SCC(=O)O)s1. The second-order valence-corrected chi connectivity index (χ2v) is 5.86. The van der Waals surface area contributed by atoms with Crippen molar-refractivity contribution in [3.63, 3.8) is 0 Å². The molecular weight excluding hydrogens is 232 g/mol. The highest BCUT2D eigenvalue weighted by Crippen LogP contribution is 2.23. The second-order valence-electron chi connectivity index (χ2n) is 3.58. The molecule has 0 spiro atoms. The Labute approximate surface area is 97.1 Å². The van der Waals surface area contributed by atoms with Gasteiger partial charge in [-0.2, -0.15) is 0 Å². The number of nitrogens with zero attached hydrogens (tertiary/aromatic N) is 2. The van der Waals surface area contributed by atoms with Gasteiger partial charge in [0.05, 0.1) is 5.75 Å². The lowest BCUT2D eigenvalue weighted by atomic mass is 10.1. The van der Waals surface area contributed by atoms with Crippen LogP contribution in [0.25, 0.3) is 0 Å². The Morgan fingerprint density at radius 1 is 1.53 bits per heavy atom. The molecule has 0 saturated carbocycles. The molecule has 0 amide bonds. The predicted octanol–water partition coefficient (Wildman–Crippen LogP) is 2.30. The molecule has 1 heterocycles. The van der Waals surface area contributed by atoms with E-state index in [1.165, 1.54) is 23.1 Å². The highest BCUT2D eigenvalue weighted by Gasteiger charge is 2.07. The largest absolute Gasteiger partial charge is 0.481 e. The summed E-state index contributed by atoms with van der Waals surface area (Å²) in [6.07, 6.45) is 2.03. The van der Waals surface area contributed by atoms with Crippen LogP contribution in [0, 0.1) is 5.92 Å². The molecule has 15 heavy (non-hydrogen) atoms. The molecule has 4 nitrogen and oxygen atoms in total. The summed E-state index contributed by atoms with van der Waals surface area (Å²) >= 11 is 2.72. The van der Waals surface area contributed by atoms with Gasteiger partial charge in [-0.1, -0.05) is 36.9 Å². The summed E-state index contributed by atoms with van der Waals surface area (Å²) in [5.41, 5.74) is 0. The first-order valence-electron chi connectivity index (χ1n) is 4.75. The minimum Gasteiger partial charge on any atom is -0.481 e. The van der Waals surface area contributed by atoms with Crippen LogP contribution in [0.1, 0.15) is 25.3 Å². The zero-order valence-electron chi connectivity index (χ0n) is 8.77. The molecule has 0 saturated heterocycles. The van der Waals surface area contributed by atoms with Crippen molar-refractivity contribution in [1.82, 2.24) is 10.2 Å². The van der Waals surface area contributed by atoms with Gasteiger partial charge in [-0.05, 0) is 12.3 Å². The van der Waals surface area contributed by atoms with Crippen molar-refractivity contribution in [3.05, 3.63) is 5.01 Å². The van der Waals surface area contributed by atoms with E-state index in [-0.39, 0.29) is 5.75 Å². The Morgan fingerprint density at radius 2 is 2.27 bits per heavy atom. The number of aliphatic carboxylic acids is 1. The Hall–Kier alpha value is -0.620. The topological polar surface area (TPSA) is 63.1 Å². The highest BCUT2D eigenvalue weighted by atomic mass is 32.2. The number of rotatable bonds is 6. The molecule has 0 aromatic carbocycles. The van der Waals surface area contributed by atoms with E-state index in [0.29, 0.717) is 5.92 Å². The van der Waals surface area contributed by atoms with Crippen molar-refractivity contribution in [2.75, 3.05) is 5.75 Å². The van der Waals surface area contributed by atoms with Crippen LogP contribution in [0.4, 0.5) is 0 Å². The lowest BCUT2D eigenvalue weighted by molar-refractivity contribution is -0.133. The first-order chi connectivity index (χ1) is 7.08. The van der Waals surface area contributed by atoms with Crippen molar-refractivity contribution in [2.24, 2.45) is 5.92 Å². The van der Waals surface area contributed by atoms with E-state index in [9.17, 15) is 4.79 Å². The maximum absolute atomic E-state index is 10.3. The van der Waals surface area contributed by atoms with E-state index in [1.54, 1.807) is 0 Å². The van der Waals surface area contributed by atoms with Crippen LogP contribution in [-0.4, -0.2) is 27.0 Å². The van der Waals surface area contributed by atoms with E-state index in [4.69, 9.17) is 5.11 Å². The van der Waals surface area contributed by atoms with Gasteiger partial charge in [-0.3, -0.25) is 4.79 Å². The van der Waals surface area contributed by atoms with Crippen molar-refractivity contribution in [3.8, 4) is 0 Å². The fourth-order valence-corrected chi connectivity index (χ4v) is 2.56. The molecule has 0 aliphatic carbocycles. The summed E-state index contributed by atoms with van der Waals surface area (Å²) < 4.78 is 0.746. The number of carboxylic acid groups (broad SMARTS) is 1. The molecule has 84 valence electrons. The van der Waals surface area contributed by atoms with Gasteiger partial charge in [0.25, 0.3) is 0 Å². The number of carboxylic acids is 1. The molecule has 0 aliphatic heterocycles. The number of aryl methyl sites for hydroxylation is 1. The maximum atomic E-state index is 10.3. The van der Waals surface area contributed by atoms with Crippen molar-refractivity contribution >= 4 is 29.1 Å².